The Balaban J connectivity index is 2.05. The van der Waals surface area contributed by atoms with Gasteiger partial charge in [0.1, 0.15) is 5.71 Å². The normalized spacial score (nSPS) is 30.9. The summed E-state index contributed by atoms with van der Waals surface area (Å²) in [5.41, 5.74) is 3.47. The second-order valence-electron chi connectivity index (χ2n) is 4.27. The van der Waals surface area contributed by atoms with Crippen molar-refractivity contribution < 1.29 is 4.79 Å². The van der Waals surface area contributed by atoms with Crippen LogP contribution in [-0.4, -0.2) is 29.0 Å². The van der Waals surface area contributed by atoms with Gasteiger partial charge in [0.2, 0.25) is 5.12 Å². The molecule has 16 heavy (non-hydrogen) atoms. The molecule has 5 nitrogen and oxygen atoms in total. The number of carbonyl (C=O) groups is 1. The predicted molar refractivity (Wildman–Crippen MR) is 66.0 cm³/mol. The fourth-order valence-electron chi connectivity index (χ4n) is 2.07. The van der Waals surface area contributed by atoms with Crippen LogP contribution in [0.3, 0.4) is 0 Å². The van der Waals surface area contributed by atoms with Crippen molar-refractivity contribution in [3.05, 3.63) is 0 Å². The van der Waals surface area contributed by atoms with Crippen LogP contribution in [0.1, 0.15) is 32.6 Å². The topological polar surface area (TPSA) is 65.5 Å². The van der Waals surface area contributed by atoms with Crippen molar-refractivity contribution >= 4 is 23.4 Å². The fraction of sp³-hybridized carbons (Fsp3) is 0.800. The summed E-state index contributed by atoms with van der Waals surface area (Å²) in [7, 11) is 0. The summed E-state index contributed by atoms with van der Waals surface area (Å²) in [5, 5.41) is 9.79. The number of hydrazone groups is 1. The van der Waals surface area contributed by atoms with E-state index in [1.165, 1.54) is 37.4 Å². The van der Waals surface area contributed by atoms with Gasteiger partial charge >= 0.3 is 0 Å². The van der Waals surface area contributed by atoms with Gasteiger partial charge < -0.3 is 5.32 Å². The quantitative estimate of drug-likeness (QED) is 0.634. The van der Waals surface area contributed by atoms with E-state index >= 15 is 0 Å². The molecule has 1 aliphatic carbocycles. The average Bonchev–Trinajstić information content (AvgIpc) is 2.76. The third kappa shape index (κ3) is 2.32. The lowest BCUT2D eigenvalue weighted by Gasteiger charge is -2.38. The number of carbonyl (C=O) groups excluding carboxylic acids is 1. The molecule has 1 atom stereocenters. The Morgan fingerprint density at radius 2 is 2.19 bits per heavy atom. The first kappa shape index (κ1) is 11.7. The molecule has 1 fully saturated rings. The van der Waals surface area contributed by atoms with Gasteiger partial charge in [0, 0.05) is 6.04 Å². The Morgan fingerprint density at radius 3 is 2.75 bits per heavy atom. The number of nitrogens with zero attached hydrogens (tertiary/aromatic N) is 1. The van der Waals surface area contributed by atoms with Crippen LogP contribution in [0.4, 0.5) is 0 Å². The van der Waals surface area contributed by atoms with Crippen molar-refractivity contribution in [2.45, 2.75) is 43.8 Å². The van der Waals surface area contributed by atoms with E-state index in [1.807, 2.05) is 6.26 Å². The van der Waals surface area contributed by atoms with Crippen LogP contribution < -0.4 is 16.1 Å². The van der Waals surface area contributed by atoms with E-state index in [0.29, 0.717) is 11.8 Å². The molecule has 0 spiro atoms. The summed E-state index contributed by atoms with van der Waals surface area (Å²) in [4.78, 5) is 11.6. The highest BCUT2D eigenvalue weighted by Crippen LogP contribution is 2.23. The Kier molecular flexibility index (Phi) is 3.39. The summed E-state index contributed by atoms with van der Waals surface area (Å²) in [6.45, 7) is 1.70. The van der Waals surface area contributed by atoms with Crippen LogP contribution in [0.2, 0.25) is 0 Å². The molecule has 0 radical (unpaired) electrons. The molecule has 0 bridgehead atoms. The SMILES string of the molecule is CSC1(NC2CCCC2)NN=C(C)C(=O)N1. The molecule has 0 aromatic heterocycles. The van der Waals surface area contributed by atoms with Gasteiger partial charge in [0.25, 0.3) is 5.91 Å². The zero-order chi connectivity index (χ0) is 11.6. The third-order valence-corrected chi connectivity index (χ3v) is 3.99. The summed E-state index contributed by atoms with van der Waals surface area (Å²) in [6, 6.07) is 0.467. The highest BCUT2D eigenvalue weighted by Gasteiger charge is 2.37. The summed E-state index contributed by atoms with van der Waals surface area (Å²) in [5.74, 6) is -0.112. The van der Waals surface area contributed by atoms with E-state index in [0.717, 1.165) is 0 Å². The molecule has 1 amide bonds. The second kappa shape index (κ2) is 4.63. The van der Waals surface area contributed by atoms with Gasteiger partial charge in [0.15, 0.2) is 0 Å². The maximum atomic E-state index is 11.6. The minimum Gasteiger partial charge on any atom is -0.306 e. The number of thioether (sulfide) groups is 1. The van der Waals surface area contributed by atoms with E-state index < -0.39 is 5.12 Å². The monoisotopic (exact) mass is 242 g/mol. The zero-order valence-corrected chi connectivity index (χ0v) is 10.5. The largest absolute Gasteiger partial charge is 0.306 e. The van der Waals surface area contributed by atoms with Gasteiger partial charge in [-0.25, -0.2) is 0 Å². The first-order valence-corrected chi connectivity index (χ1v) is 6.84. The Hall–Kier alpha value is -0.750. The van der Waals surface area contributed by atoms with Crippen molar-refractivity contribution in [2.75, 3.05) is 6.26 Å². The zero-order valence-electron chi connectivity index (χ0n) is 9.67. The molecule has 2 rings (SSSR count). The first-order chi connectivity index (χ1) is 7.65. The Labute approximate surface area is 99.8 Å². The molecule has 6 heteroatoms. The van der Waals surface area contributed by atoms with Crippen molar-refractivity contribution in [2.24, 2.45) is 5.10 Å². The summed E-state index contributed by atoms with van der Waals surface area (Å²) < 4.78 is 0. The number of rotatable bonds is 3. The van der Waals surface area contributed by atoms with E-state index in [9.17, 15) is 4.79 Å². The van der Waals surface area contributed by atoms with Crippen LogP contribution in [0.25, 0.3) is 0 Å². The van der Waals surface area contributed by atoms with E-state index in [2.05, 4.69) is 21.2 Å². The molecule has 0 saturated heterocycles. The number of amides is 1. The van der Waals surface area contributed by atoms with Crippen LogP contribution in [0.5, 0.6) is 0 Å². The molecule has 3 N–H and O–H groups in total. The van der Waals surface area contributed by atoms with Crippen molar-refractivity contribution in [3.8, 4) is 0 Å². The number of nitrogens with one attached hydrogen (secondary N) is 3. The highest BCUT2D eigenvalue weighted by molar-refractivity contribution is 7.99. The van der Waals surface area contributed by atoms with E-state index in [1.54, 1.807) is 6.92 Å². The van der Waals surface area contributed by atoms with Crippen molar-refractivity contribution in [1.29, 1.82) is 0 Å². The minimum atomic E-state index is -0.633. The molecule has 90 valence electrons. The first-order valence-electron chi connectivity index (χ1n) is 5.62. The van der Waals surface area contributed by atoms with Gasteiger partial charge in [0.05, 0.1) is 0 Å². The molecule has 1 aliphatic heterocycles. The average molecular weight is 242 g/mol. The molecule has 2 aliphatic rings. The molecular weight excluding hydrogens is 224 g/mol. The lowest BCUT2D eigenvalue weighted by atomic mass is 10.2. The number of hydrogen-bond donors (Lipinski definition) is 3. The molecular formula is C10H18N4OS. The minimum absolute atomic E-state index is 0.112. The van der Waals surface area contributed by atoms with Gasteiger partial charge in [-0.1, -0.05) is 24.6 Å². The van der Waals surface area contributed by atoms with E-state index in [4.69, 9.17) is 0 Å². The Bertz CT molecular complexity index is 314. The third-order valence-electron chi connectivity index (χ3n) is 3.07. The van der Waals surface area contributed by atoms with E-state index in [-0.39, 0.29) is 5.91 Å². The molecule has 1 heterocycles. The molecule has 1 unspecified atom stereocenters. The summed E-state index contributed by atoms with van der Waals surface area (Å²) >= 11 is 1.52. The maximum absolute atomic E-state index is 11.6. The lowest BCUT2D eigenvalue weighted by Crippen LogP contribution is -2.69. The fourth-order valence-corrected chi connectivity index (χ4v) is 2.69. The highest BCUT2D eigenvalue weighted by atomic mass is 32.2. The lowest BCUT2D eigenvalue weighted by molar-refractivity contribution is -0.117. The maximum Gasteiger partial charge on any atom is 0.270 e. The van der Waals surface area contributed by atoms with Gasteiger partial charge in [-0.3, -0.25) is 15.5 Å². The second-order valence-corrected chi connectivity index (χ2v) is 5.29. The standard InChI is InChI=1S/C10H18N4OS/c1-7-9(15)12-10(16-2,14-13-7)11-8-5-3-4-6-8/h8,11,14H,3-6H2,1-2H3,(H,12,15). The van der Waals surface area contributed by atoms with Crippen molar-refractivity contribution in [1.82, 2.24) is 16.1 Å². The summed E-state index contributed by atoms with van der Waals surface area (Å²) in [6.07, 6.45) is 6.81. The molecule has 0 aromatic rings. The van der Waals surface area contributed by atoms with Crippen LogP contribution in [0.15, 0.2) is 5.10 Å². The number of hydrogen-bond acceptors (Lipinski definition) is 5. The molecule has 1 saturated carbocycles. The molecule has 0 aromatic carbocycles. The van der Waals surface area contributed by atoms with Crippen LogP contribution in [0, 0.1) is 0 Å². The predicted octanol–water partition coefficient (Wildman–Crippen LogP) is 0.588. The Morgan fingerprint density at radius 1 is 1.50 bits per heavy atom. The van der Waals surface area contributed by atoms with Crippen molar-refractivity contribution in [3.63, 3.8) is 0 Å². The van der Waals surface area contributed by atoms with Gasteiger partial charge in [-0.05, 0) is 26.0 Å². The van der Waals surface area contributed by atoms with Crippen LogP contribution in [-0.2, 0) is 4.79 Å². The van der Waals surface area contributed by atoms with Crippen LogP contribution >= 0.6 is 11.8 Å². The smallest absolute Gasteiger partial charge is 0.270 e. The van der Waals surface area contributed by atoms with Gasteiger partial charge in [-0.2, -0.15) is 5.10 Å². The van der Waals surface area contributed by atoms with Gasteiger partial charge in [-0.15, -0.1) is 0 Å².